The SMILES string of the molecule is O=C(NCCOc1ccc(Cl)cc1)C1CC12CCNCC2. The van der Waals surface area contributed by atoms with Crippen molar-refractivity contribution in [2.75, 3.05) is 26.2 Å². The van der Waals surface area contributed by atoms with Crippen LogP contribution in [0.15, 0.2) is 24.3 Å². The van der Waals surface area contributed by atoms with Crippen molar-refractivity contribution in [1.82, 2.24) is 10.6 Å². The van der Waals surface area contributed by atoms with Gasteiger partial charge in [0.2, 0.25) is 5.91 Å². The van der Waals surface area contributed by atoms with E-state index in [4.69, 9.17) is 16.3 Å². The molecule has 1 spiro atoms. The summed E-state index contributed by atoms with van der Waals surface area (Å²) in [5.74, 6) is 1.18. The van der Waals surface area contributed by atoms with Gasteiger partial charge in [-0.2, -0.15) is 0 Å². The van der Waals surface area contributed by atoms with Crippen LogP contribution in [-0.2, 0) is 4.79 Å². The number of carbonyl (C=O) groups excluding carboxylic acids is 1. The Morgan fingerprint density at radius 1 is 1.33 bits per heavy atom. The average Bonchev–Trinajstić information content (AvgIpc) is 3.19. The van der Waals surface area contributed by atoms with Gasteiger partial charge in [0.25, 0.3) is 0 Å². The van der Waals surface area contributed by atoms with Crippen LogP contribution in [0.25, 0.3) is 0 Å². The fourth-order valence-electron chi connectivity index (χ4n) is 3.19. The minimum absolute atomic E-state index is 0.191. The van der Waals surface area contributed by atoms with E-state index in [0.717, 1.165) is 38.1 Å². The summed E-state index contributed by atoms with van der Waals surface area (Å²) in [5, 5.41) is 7.03. The van der Waals surface area contributed by atoms with E-state index >= 15 is 0 Å². The molecule has 1 aromatic rings. The highest BCUT2D eigenvalue weighted by Gasteiger charge is 2.57. The van der Waals surface area contributed by atoms with Crippen LogP contribution in [0.4, 0.5) is 0 Å². The van der Waals surface area contributed by atoms with Gasteiger partial charge in [-0.15, -0.1) is 0 Å². The summed E-state index contributed by atoms with van der Waals surface area (Å²) >= 11 is 5.81. The van der Waals surface area contributed by atoms with Crippen molar-refractivity contribution in [3.8, 4) is 5.75 Å². The van der Waals surface area contributed by atoms with Gasteiger partial charge in [0, 0.05) is 10.9 Å². The van der Waals surface area contributed by atoms with Crippen molar-refractivity contribution in [2.45, 2.75) is 19.3 Å². The smallest absolute Gasteiger partial charge is 0.223 e. The standard InChI is InChI=1S/C16H21ClN2O2/c17-12-1-3-13(4-2-12)21-10-9-19-15(20)14-11-16(14)5-7-18-8-6-16/h1-4,14,18H,5-11H2,(H,19,20). The Labute approximate surface area is 130 Å². The number of hydrogen-bond donors (Lipinski definition) is 2. The number of ether oxygens (including phenoxy) is 1. The number of piperidine rings is 1. The van der Waals surface area contributed by atoms with Gasteiger partial charge in [0.1, 0.15) is 12.4 Å². The van der Waals surface area contributed by atoms with Crippen LogP contribution in [-0.4, -0.2) is 32.1 Å². The lowest BCUT2D eigenvalue weighted by molar-refractivity contribution is -0.123. The molecule has 0 radical (unpaired) electrons. The third kappa shape index (κ3) is 3.50. The number of rotatable bonds is 5. The molecule has 0 bridgehead atoms. The fraction of sp³-hybridized carbons (Fsp3) is 0.562. The van der Waals surface area contributed by atoms with Crippen LogP contribution >= 0.6 is 11.6 Å². The highest BCUT2D eigenvalue weighted by molar-refractivity contribution is 6.30. The summed E-state index contributed by atoms with van der Waals surface area (Å²) in [6, 6.07) is 7.24. The van der Waals surface area contributed by atoms with E-state index < -0.39 is 0 Å². The van der Waals surface area contributed by atoms with Crippen LogP contribution in [0.5, 0.6) is 5.75 Å². The van der Waals surface area contributed by atoms with Crippen molar-refractivity contribution < 1.29 is 9.53 Å². The van der Waals surface area contributed by atoms with Gasteiger partial charge >= 0.3 is 0 Å². The molecule has 1 saturated carbocycles. The lowest BCUT2D eigenvalue weighted by atomic mass is 9.92. The zero-order chi connectivity index (χ0) is 14.7. The van der Waals surface area contributed by atoms with Crippen LogP contribution in [0.2, 0.25) is 5.02 Å². The Bertz CT molecular complexity index is 498. The topological polar surface area (TPSA) is 50.4 Å². The number of benzene rings is 1. The van der Waals surface area contributed by atoms with E-state index in [2.05, 4.69) is 10.6 Å². The maximum absolute atomic E-state index is 12.1. The van der Waals surface area contributed by atoms with Crippen LogP contribution in [0.3, 0.4) is 0 Å². The summed E-state index contributed by atoms with van der Waals surface area (Å²) < 4.78 is 5.57. The van der Waals surface area contributed by atoms with Gasteiger partial charge in [-0.25, -0.2) is 0 Å². The highest BCUT2D eigenvalue weighted by Crippen LogP contribution is 2.58. The molecule has 2 aliphatic rings. The van der Waals surface area contributed by atoms with Crippen molar-refractivity contribution >= 4 is 17.5 Å². The molecule has 1 aromatic carbocycles. The average molecular weight is 309 g/mol. The molecule has 1 aliphatic heterocycles. The summed E-state index contributed by atoms with van der Waals surface area (Å²) in [7, 11) is 0. The first-order chi connectivity index (χ1) is 10.2. The van der Waals surface area contributed by atoms with E-state index in [1.54, 1.807) is 12.1 Å². The first-order valence-corrected chi connectivity index (χ1v) is 7.94. The highest BCUT2D eigenvalue weighted by atomic mass is 35.5. The predicted octanol–water partition coefficient (Wildman–Crippen LogP) is 2.22. The monoisotopic (exact) mass is 308 g/mol. The molecule has 1 aliphatic carbocycles. The second-order valence-corrected chi connectivity index (χ2v) is 6.40. The van der Waals surface area contributed by atoms with Crippen molar-refractivity contribution in [3.63, 3.8) is 0 Å². The Balaban J connectivity index is 1.36. The summed E-state index contributed by atoms with van der Waals surface area (Å²) in [6.45, 7) is 3.12. The molecule has 1 unspecified atom stereocenters. The maximum atomic E-state index is 12.1. The van der Waals surface area contributed by atoms with E-state index in [1.165, 1.54) is 0 Å². The number of amides is 1. The van der Waals surface area contributed by atoms with E-state index in [0.29, 0.717) is 23.6 Å². The second kappa shape index (κ2) is 6.24. The van der Waals surface area contributed by atoms with Gasteiger partial charge in [-0.1, -0.05) is 11.6 Å². The molecule has 0 aromatic heterocycles. The van der Waals surface area contributed by atoms with Crippen LogP contribution in [0.1, 0.15) is 19.3 Å². The summed E-state index contributed by atoms with van der Waals surface area (Å²) in [4.78, 5) is 12.1. The van der Waals surface area contributed by atoms with Crippen molar-refractivity contribution in [3.05, 3.63) is 29.3 Å². The van der Waals surface area contributed by atoms with Gasteiger partial charge in [0.05, 0.1) is 6.54 Å². The minimum Gasteiger partial charge on any atom is -0.492 e. The van der Waals surface area contributed by atoms with Crippen molar-refractivity contribution in [2.24, 2.45) is 11.3 Å². The molecule has 1 atom stereocenters. The molecule has 4 nitrogen and oxygen atoms in total. The first-order valence-electron chi connectivity index (χ1n) is 7.56. The van der Waals surface area contributed by atoms with Gasteiger partial charge in [-0.05, 0) is 62.0 Å². The molecule has 2 N–H and O–H groups in total. The lowest BCUT2D eigenvalue weighted by Crippen LogP contribution is -2.35. The van der Waals surface area contributed by atoms with E-state index in [9.17, 15) is 4.79 Å². The van der Waals surface area contributed by atoms with Gasteiger partial charge in [-0.3, -0.25) is 4.79 Å². The molecule has 1 heterocycles. The summed E-state index contributed by atoms with van der Waals surface area (Å²) in [6.07, 6.45) is 3.32. The number of nitrogens with one attached hydrogen (secondary N) is 2. The quantitative estimate of drug-likeness (QED) is 0.820. The van der Waals surface area contributed by atoms with Crippen molar-refractivity contribution in [1.29, 1.82) is 0 Å². The largest absolute Gasteiger partial charge is 0.492 e. The third-order valence-electron chi connectivity index (χ3n) is 4.59. The molecule has 5 heteroatoms. The van der Waals surface area contributed by atoms with E-state index in [1.807, 2.05) is 12.1 Å². The number of hydrogen-bond acceptors (Lipinski definition) is 3. The Morgan fingerprint density at radius 2 is 2.05 bits per heavy atom. The predicted molar refractivity (Wildman–Crippen MR) is 82.6 cm³/mol. The molecule has 21 heavy (non-hydrogen) atoms. The Morgan fingerprint density at radius 3 is 2.76 bits per heavy atom. The second-order valence-electron chi connectivity index (χ2n) is 5.96. The minimum atomic E-state index is 0.191. The zero-order valence-electron chi connectivity index (χ0n) is 12.0. The van der Waals surface area contributed by atoms with Gasteiger partial charge < -0.3 is 15.4 Å². The van der Waals surface area contributed by atoms with Crippen LogP contribution in [0, 0.1) is 11.3 Å². The zero-order valence-corrected chi connectivity index (χ0v) is 12.8. The maximum Gasteiger partial charge on any atom is 0.223 e. The number of halogens is 1. The molecular formula is C16H21ClN2O2. The molecule has 114 valence electrons. The first kappa shape index (κ1) is 14.7. The molecule has 3 rings (SSSR count). The molecular weight excluding hydrogens is 288 g/mol. The van der Waals surface area contributed by atoms with Gasteiger partial charge in [0.15, 0.2) is 0 Å². The Hall–Kier alpha value is -1.26. The molecule has 1 amide bonds. The lowest BCUT2D eigenvalue weighted by Gasteiger charge is -2.23. The van der Waals surface area contributed by atoms with Crippen LogP contribution < -0.4 is 15.4 Å². The van der Waals surface area contributed by atoms with E-state index in [-0.39, 0.29) is 11.8 Å². The Kier molecular flexibility index (Phi) is 4.36. The summed E-state index contributed by atoms with van der Waals surface area (Å²) in [5.41, 5.74) is 0.298. The molecule has 2 fully saturated rings. The normalized spacial score (nSPS) is 22.8. The third-order valence-corrected chi connectivity index (χ3v) is 4.84. The number of carbonyl (C=O) groups is 1. The molecule has 1 saturated heterocycles. The fourth-order valence-corrected chi connectivity index (χ4v) is 3.32.